The van der Waals surface area contributed by atoms with Gasteiger partial charge in [-0.05, 0) is 28.7 Å². The molecule has 0 bridgehead atoms. The molecule has 1 rings (SSSR count). The molecule has 0 atom stereocenters. The molecule has 1 nitrogen and oxygen atoms in total. The van der Waals surface area contributed by atoms with Gasteiger partial charge in [-0.3, -0.25) is 0 Å². The summed E-state index contributed by atoms with van der Waals surface area (Å²) in [5.74, 6) is -1.18. The van der Waals surface area contributed by atoms with Crippen molar-refractivity contribution in [2.45, 2.75) is 0 Å². The molecular weight excluding hydrogens is 265 g/mol. The molecule has 0 aliphatic carbocycles. The minimum Gasteiger partial charge on any atom is -0.494 e. The van der Waals surface area contributed by atoms with E-state index in [0.717, 1.165) is 6.07 Å². The van der Waals surface area contributed by atoms with Gasteiger partial charge < -0.3 is 4.74 Å². The van der Waals surface area contributed by atoms with E-state index in [4.69, 9.17) is 0 Å². The van der Waals surface area contributed by atoms with Gasteiger partial charge in [-0.2, -0.15) is 0 Å². The maximum Gasteiger partial charge on any atom is 0.168 e. The van der Waals surface area contributed by atoms with Crippen LogP contribution in [0.25, 0.3) is 0 Å². The van der Waals surface area contributed by atoms with Crippen LogP contribution in [0.5, 0.6) is 5.75 Å². The van der Waals surface area contributed by atoms with Crippen molar-refractivity contribution in [3.8, 4) is 5.75 Å². The van der Waals surface area contributed by atoms with Gasteiger partial charge in [0.05, 0.1) is 10.7 Å². The zero-order chi connectivity index (χ0) is 8.43. The third-order valence-electron chi connectivity index (χ3n) is 1.19. The Morgan fingerprint density at radius 2 is 1.91 bits per heavy atom. The number of halogens is 3. The molecule has 0 fully saturated rings. The predicted octanol–water partition coefficient (Wildman–Crippen LogP) is 2.58. The standard InChI is InChI=1S/C7H5F2IO/c1-11-7-3-6(10)4(8)2-5(7)9/h2-3H,1H3. The Morgan fingerprint density at radius 1 is 1.27 bits per heavy atom. The molecule has 0 saturated heterocycles. The average Bonchev–Trinajstić information content (AvgIpc) is 1.97. The second-order valence-corrected chi connectivity index (χ2v) is 3.06. The van der Waals surface area contributed by atoms with Crippen LogP contribution in [0.1, 0.15) is 0 Å². The van der Waals surface area contributed by atoms with Crippen molar-refractivity contribution in [1.82, 2.24) is 0 Å². The zero-order valence-electron chi connectivity index (χ0n) is 5.70. The fourth-order valence-electron chi connectivity index (χ4n) is 0.661. The molecule has 0 aliphatic heterocycles. The van der Waals surface area contributed by atoms with Crippen molar-refractivity contribution in [2.75, 3.05) is 7.11 Å². The lowest BCUT2D eigenvalue weighted by Gasteiger charge is -2.01. The monoisotopic (exact) mass is 270 g/mol. The van der Waals surface area contributed by atoms with Crippen LogP contribution in [0.2, 0.25) is 0 Å². The summed E-state index contributed by atoms with van der Waals surface area (Å²) in [5.41, 5.74) is 0. The lowest BCUT2D eigenvalue weighted by atomic mass is 10.3. The highest BCUT2D eigenvalue weighted by Crippen LogP contribution is 2.22. The van der Waals surface area contributed by atoms with Gasteiger partial charge in [-0.25, -0.2) is 8.78 Å². The first-order valence-corrected chi connectivity index (χ1v) is 3.91. The summed E-state index contributed by atoms with van der Waals surface area (Å²) in [7, 11) is 1.34. The summed E-state index contributed by atoms with van der Waals surface area (Å²) >= 11 is 1.77. The van der Waals surface area contributed by atoms with Crippen molar-refractivity contribution < 1.29 is 13.5 Å². The van der Waals surface area contributed by atoms with Crippen LogP contribution in [-0.2, 0) is 0 Å². The maximum absolute atomic E-state index is 12.7. The van der Waals surface area contributed by atoms with Gasteiger partial charge in [0.2, 0.25) is 0 Å². The first-order valence-electron chi connectivity index (χ1n) is 2.83. The lowest BCUT2D eigenvalue weighted by molar-refractivity contribution is 0.383. The number of hydrogen-bond donors (Lipinski definition) is 0. The molecule has 1 aromatic rings. The van der Waals surface area contributed by atoms with Gasteiger partial charge in [-0.15, -0.1) is 0 Å². The first kappa shape index (κ1) is 8.70. The van der Waals surface area contributed by atoms with Crippen LogP contribution >= 0.6 is 22.6 Å². The van der Waals surface area contributed by atoms with Crippen molar-refractivity contribution in [3.05, 3.63) is 27.3 Å². The predicted molar refractivity (Wildman–Crippen MR) is 45.6 cm³/mol. The van der Waals surface area contributed by atoms with E-state index in [1.165, 1.54) is 13.2 Å². The van der Waals surface area contributed by atoms with Crippen LogP contribution < -0.4 is 4.74 Å². The molecule has 60 valence electrons. The summed E-state index contributed by atoms with van der Waals surface area (Å²) in [6, 6.07) is 2.12. The molecule has 4 heteroatoms. The normalized spacial score (nSPS) is 9.82. The van der Waals surface area contributed by atoms with E-state index in [9.17, 15) is 8.78 Å². The number of benzene rings is 1. The van der Waals surface area contributed by atoms with Gasteiger partial charge in [0, 0.05) is 6.07 Å². The Bertz CT molecular complexity index is 275. The third-order valence-corrected chi connectivity index (χ3v) is 2.02. The number of ether oxygens (including phenoxy) is 1. The summed E-state index contributed by atoms with van der Waals surface area (Å²) in [6.45, 7) is 0. The summed E-state index contributed by atoms with van der Waals surface area (Å²) in [5, 5.41) is 0. The first-order chi connectivity index (χ1) is 5.15. The van der Waals surface area contributed by atoms with Gasteiger partial charge >= 0.3 is 0 Å². The molecule has 0 spiro atoms. The Morgan fingerprint density at radius 3 is 2.45 bits per heavy atom. The Balaban J connectivity index is 3.21. The summed E-state index contributed by atoms with van der Waals surface area (Å²) < 4.78 is 30.2. The number of rotatable bonds is 1. The van der Waals surface area contributed by atoms with Crippen molar-refractivity contribution in [3.63, 3.8) is 0 Å². The highest BCUT2D eigenvalue weighted by Gasteiger charge is 2.07. The second-order valence-electron chi connectivity index (χ2n) is 1.90. The van der Waals surface area contributed by atoms with Gasteiger partial charge in [-0.1, -0.05) is 0 Å². The van der Waals surface area contributed by atoms with Gasteiger partial charge in [0.15, 0.2) is 11.6 Å². The largest absolute Gasteiger partial charge is 0.494 e. The Kier molecular flexibility index (Phi) is 2.64. The van der Waals surface area contributed by atoms with Crippen molar-refractivity contribution >= 4 is 22.6 Å². The quantitative estimate of drug-likeness (QED) is 0.563. The lowest BCUT2D eigenvalue weighted by Crippen LogP contribution is -1.91. The molecule has 0 heterocycles. The molecule has 0 aliphatic rings. The fourth-order valence-corrected chi connectivity index (χ4v) is 1.10. The molecule has 1 aromatic carbocycles. The molecule has 0 saturated carbocycles. The molecule has 0 unspecified atom stereocenters. The van der Waals surface area contributed by atoms with Crippen molar-refractivity contribution in [2.24, 2.45) is 0 Å². The summed E-state index contributed by atoms with van der Waals surface area (Å²) in [4.78, 5) is 0. The SMILES string of the molecule is COc1cc(I)c(F)cc1F. The van der Waals surface area contributed by atoms with E-state index in [1.54, 1.807) is 22.6 Å². The van der Waals surface area contributed by atoms with Crippen LogP contribution in [0, 0.1) is 15.2 Å². The van der Waals surface area contributed by atoms with E-state index in [0.29, 0.717) is 3.57 Å². The van der Waals surface area contributed by atoms with E-state index < -0.39 is 11.6 Å². The minimum absolute atomic E-state index is 0.0656. The van der Waals surface area contributed by atoms with E-state index in [1.807, 2.05) is 0 Å². The summed E-state index contributed by atoms with van der Waals surface area (Å²) in [6.07, 6.45) is 0. The van der Waals surface area contributed by atoms with Crippen LogP contribution in [0.15, 0.2) is 12.1 Å². The average molecular weight is 270 g/mol. The maximum atomic E-state index is 12.7. The van der Waals surface area contributed by atoms with E-state index in [-0.39, 0.29) is 5.75 Å². The Labute approximate surface area is 76.5 Å². The topological polar surface area (TPSA) is 9.23 Å². The van der Waals surface area contributed by atoms with Crippen LogP contribution in [0.4, 0.5) is 8.78 Å². The smallest absolute Gasteiger partial charge is 0.168 e. The van der Waals surface area contributed by atoms with Crippen LogP contribution in [-0.4, -0.2) is 7.11 Å². The molecular formula is C7H5F2IO. The minimum atomic E-state index is -0.676. The highest BCUT2D eigenvalue weighted by molar-refractivity contribution is 14.1. The molecule has 0 amide bonds. The molecule has 0 N–H and O–H groups in total. The van der Waals surface area contributed by atoms with Gasteiger partial charge in [0.25, 0.3) is 0 Å². The van der Waals surface area contributed by atoms with Crippen LogP contribution in [0.3, 0.4) is 0 Å². The third kappa shape index (κ3) is 1.79. The highest BCUT2D eigenvalue weighted by atomic mass is 127. The zero-order valence-corrected chi connectivity index (χ0v) is 7.85. The number of methoxy groups -OCH3 is 1. The second kappa shape index (κ2) is 3.34. The van der Waals surface area contributed by atoms with E-state index in [2.05, 4.69) is 4.74 Å². The molecule has 0 aromatic heterocycles. The number of hydrogen-bond acceptors (Lipinski definition) is 1. The van der Waals surface area contributed by atoms with Crippen molar-refractivity contribution in [1.29, 1.82) is 0 Å². The van der Waals surface area contributed by atoms with E-state index >= 15 is 0 Å². The molecule has 11 heavy (non-hydrogen) atoms. The van der Waals surface area contributed by atoms with Gasteiger partial charge in [0.1, 0.15) is 5.82 Å². The fraction of sp³-hybridized carbons (Fsp3) is 0.143. The Hall–Kier alpha value is -0.390. The molecule has 0 radical (unpaired) electrons.